The van der Waals surface area contributed by atoms with Gasteiger partial charge < -0.3 is 5.11 Å². The van der Waals surface area contributed by atoms with Crippen LogP contribution in [0.25, 0.3) is 0 Å². The lowest BCUT2D eigenvalue weighted by molar-refractivity contribution is -0.0244. The molecule has 18 heavy (non-hydrogen) atoms. The fourth-order valence-corrected chi connectivity index (χ4v) is 3.38. The Kier molecular flexibility index (Phi) is 4.34. The third-order valence-electron chi connectivity index (χ3n) is 4.02. The predicted molar refractivity (Wildman–Crippen MR) is 76.8 cm³/mol. The zero-order valence-electron chi connectivity index (χ0n) is 11.3. The summed E-state index contributed by atoms with van der Waals surface area (Å²) in [4.78, 5) is 0. The van der Waals surface area contributed by atoms with Crippen molar-refractivity contribution in [2.45, 2.75) is 51.6 Å². The van der Waals surface area contributed by atoms with Crippen molar-refractivity contribution in [3.63, 3.8) is 0 Å². The lowest BCUT2D eigenvalue weighted by Crippen LogP contribution is -2.33. The van der Waals surface area contributed by atoms with Gasteiger partial charge in [0.15, 0.2) is 0 Å². The van der Waals surface area contributed by atoms with Crippen molar-refractivity contribution in [3.8, 4) is 0 Å². The summed E-state index contributed by atoms with van der Waals surface area (Å²) in [7, 11) is 0. The first-order valence-electron chi connectivity index (χ1n) is 6.98. The summed E-state index contributed by atoms with van der Waals surface area (Å²) in [6, 6.07) is 7.70. The molecule has 2 unspecified atom stereocenters. The molecule has 1 nitrogen and oxygen atoms in total. The van der Waals surface area contributed by atoms with E-state index in [1.54, 1.807) is 0 Å². The van der Waals surface area contributed by atoms with Gasteiger partial charge in [0.2, 0.25) is 0 Å². The van der Waals surface area contributed by atoms with E-state index in [0.29, 0.717) is 11.8 Å². The number of aliphatic hydroxyl groups is 1. The summed E-state index contributed by atoms with van der Waals surface area (Å²) in [5, 5.41) is 11.6. The van der Waals surface area contributed by atoms with Crippen molar-refractivity contribution in [1.29, 1.82) is 0 Å². The van der Waals surface area contributed by atoms with Crippen LogP contribution in [0.3, 0.4) is 0 Å². The summed E-state index contributed by atoms with van der Waals surface area (Å²) in [5.74, 6) is 1.36. The first-order chi connectivity index (χ1) is 8.49. The van der Waals surface area contributed by atoms with Crippen LogP contribution >= 0.6 is 11.6 Å². The van der Waals surface area contributed by atoms with E-state index < -0.39 is 5.60 Å². The van der Waals surface area contributed by atoms with Gasteiger partial charge in [-0.3, -0.25) is 0 Å². The molecule has 0 heterocycles. The Morgan fingerprint density at radius 3 is 2.61 bits per heavy atom. The molecule has 0 aromatic heterocycles. The average Bonchev–Trinajstić information content (AvgIpc) is 2.28. The smallest absolute Gasteiger partial charge is 0.0899 e. The Hall–Kier alpha value is -0.530. The molecule has 0 aliphatic heterocycles. The summed E-state index contributed by atoms with van der Waals surface area (Å²) < 4.78 is 0. The van der Waals surface area contributed by atoms with Crippen LogP contribution in [0.1, 0.15) is 51.5 Å². The van der Waals surface area contributed by atoms with Crippen LogP contribution < -0.4 is 0 Å². The number of benzene rings is 1. The van der Waals surface area contributed by atoms with E-state index in [0.717, 1.165) is 29.8 Å². The minimum absolute atomic E-state index is 0.637. The second-order valence-corrected chi connectivity index (χ2v) is 6.57. The first kappa shape index (κ1) is 13.9. The molecule has 0 amide bonds. The highest BCUT2D eigenvalue weighted by atomic mass is 35.5. The first-order valence-corrected chi connectivity index (χ1v) is 7.36. The van der Waals surface area contributed by atoms with E-state index in [-0.39, 0.29) is 0 Å². The van der Waals surface area contributed by atoms with Gasteiger partial charge in [-0.25, -0.2) is 0 Å². The summed E-state index contributed by atoms with van der Waals surface area (Å²) in [6.45, 7) is 4.52. The third kappa shape index (κ3) is 3.27. The van der Waals surface area contributed by atoms with Gasteiger partial charge in [-0.05, 0) is 55.2 Å². The molecule has 1 aromatic rings. The van der Waals surface area contributed by atoms with Crippen LogP contribution in [0.15, 0.2) is 24.3 Å². The molecule has 1 N–H and O–H groups in total. The van der Waals surface area contributed by atoms with Crippen molar-refractivity contribution in [2.75, 3.05) is 0 Å². The van der Waals surface area contributed by atoms with E-state index >= 15 is 0 Å². The number of rotatable bonds is 3. The van der Waals surface area contributed by atoms with Crippen molar-refractivity contribution in [2.24, 2.45) is 11.8 Å². The van der Waals surface area contributed by atoms with Crippen LogP contribution in [-0.4, -0.2) is 5.11 Å². The Labute approximate surface area is 115 Å². The minimum atomic E-state index is -0.637. The van der Waals surface area contributed by atoms with Crippen molar-refractivity contribution >= 4 is 11.6 Å². The van der Waals surface area contributed by atoms with Gasteiger partial charge in [-0.15, -0.1) is 0 Å². The molecular formula is C16H23ClO. The van der Waals surface area contributed by atoms with Crippen molar-refractivity contribution < 1.29 is 5.11 Å². The van der Waals surface area contributed by atoms with E-state index in [4.69, 9.17) is 11.6 Å². The normalized spacial score (nSPS) is 28.6. The van der Waals surface area contributed by atoms with Gasteiger partial charge >= 0.3 is 0 Å². The van der Waals surface area contributed by atoms with E-state index in [9.17, 15) is 5.11 Å². The molecule has 0 saturated heterocycles. The molecule has 1 aliphatic carbocycles. The molecule has 0 radical (unpaired) electrons. The lowest BCUT2D eigenvalue weighted by atomic mass is 9.72. The zero-order chi connectivity index (χ0) is 13.2. The maximum Gasteiger partial charge on any atom is 0.0899 e. The molecule has 0 spiro atoms. The van der Waals surface area contributed by atoms with Gasteiger partial charge in [-0.2, -0.15) is 0 Å². The molecular weight excluding hydrogens is 244 g/mol. The Morgan fingerprint density at radius 2 is 2.00 bits per heavy atom. The molecule has 0 bridgehead atoms. The Bertz CT molecular complexity index is 385. The zero-order valence-corrected chi connectivity index (χ0v) is 12.1. The molecule has 2 atom stereocenters. The van der Waals surface area contributed by atoms with Crippen molar-refractivity contribution in [3.05, 3.63) is 34.9 Å². The molecule has 1 fully saturated rings. The van der Waals surface area contributed by atoms with Gasteiger partial charge in [0, 0.05) is 5.02 Å². The predicted octanol–water partition coefficient (Wildman–Crippen LogP) is 4.76. The summed E-state index contributed by atoms with van der Waals surface area (Å²) >= 11 is 5.91. The van der Waals surface area contributed by atoms with Gasteiger partial charge in [0.25, 0.3) is 0 Å². The van der Waals surface area contributed by atoms with Crippen LogP contribution in [0.2, 0.25) is 5.02 Å². The highest BCUT2D eigenvalue weighted by molar-refractivity contribution is 6.30. The van der Waals surface area contributed by atoms with Gasteiger partial charge in [0.05, 0.1) is 5.60 Å². The number of halogens is 1. The maximum atomic E-state index is 10.9. The number of hydrogen-bond acceptors (Lipinski definition) is 1. The van der Waals surface area contributed by atoms with E-state index in [2.05, 4.69) is 13.8 Å². The topological polar surface area (TPSA) is 20.2 Å². The molecule has 2 rings (SSSR count). The standard InChI is InChI=1S/C16H23ClO/c1-12(2)10-13-4-3-9-16(18,11-13)14-5-7-15(17)8-6-14/h5-8,12-13,18H,3-4,9-11H2,1-2H3. The third-order valence-corrected chi connectivity index (χ3v) is 4.27. The second kappa shape index (κ2) is 5.63. The van der Waals surface area contributed by atoms with E-state index in [1.807, 2.05) is 24.3 Å². The minimum Gasteiger partial charge on any atom is -0.385 e. The molecule has 100 valence electrons. The van der Waals surface area contributed by atoms with E-state index in [1.165, 1.54) is 12.8 Å². The van der Waals surface area contributed by atoms with Crippen LogP contribution in [-0.2, 0) is 5.60 Å². The average molecular weight is 267 g/mol. The van der Waals surface area contributed by atoms with Gasteiger partial charge in [0.1, 0.15) is 0 Å². The fraction of sp³-hybridized carbons (Fsp3) is 0.625. The SMILES string of the molecule is CC(C)CC1CCCC(O)(c2ccc(Cl)cc2)C1. The number of hydrogen-bond donors (Lipinski definition) is 1. The largest absolute Gasteiger partial charge is 0.385 e. The second-order valence-electron chi connectivity index (χ2n) is 6.13. The Morgan fingerprint density at radius 1 is 1.33 bits per heavy atom. The van der Waals surface area contributed by atoms with Crippen molar-refractivity contribution in [1.82, 2.24) is 0 Å². The summed E-state index contributed by atoms with van der Waals surface area (Å²) in [5.41, 5.74) is 0.392. The quantitative estimate of drug-likeness (QED) is 0.836. The Balaban J connectivity index is 2.12. The molecule has 1 saturated carbocycles. The fourth-order valence-electron chi connectivity index (χ4n) is 3.26. The van der Waals surface area contributed by atoms with Crippen LogP contribution in [0, 0.1) is 11.8 Å². The van der Waals surface area contributed by atoms with Gasteiger partial charge in [-0.1, -0.05) is 44.0 Å². The highest BCUT2D eigenvalue weighted by Crippen LogP contribution is 2.42. The molecule has 2 heteroatoms. The highest BCUT2D eigenvalue weighted by Gasteiger charge is 2.35. The maximum absolute atomic E-state index is 10.9. The lowest BCUT2D eigenvalue weighted by Gasteiger charge is -2.38. The monoisotopic (exact) mass is 266 g/mol. The van der Waals surface area contributed by atoms with Crippen LogP contribution in [0.5, 0.6) is 0 Å². The van der Waals surface area contributed by atoms with Crippen LogP contribution in [0.4, 0.5) is 0 Å². The molecule has 1 aromatic carbocycles. The summed E-state index contributed by atoms with van der Waals surface area (Å²) in [6.07, 6.45) is 5.37. The molecule has 1 aliphatic rings.